The monoisotopic (exact) mass is 282 g/mol. The van der Waals surface area contributed by atoms with Crippen LogP contribution in [0.5, 0.6) is 0 Å². The fourth-order valence-electron chi connectivity index (χ4n) is 2.30. The van der Waals surface area contributed by atoms with Gasteiger partial charge in [0, 0.05) is 18.8 Å². The molecule has 1 aliphatic rings. The highest BCUT2D eigenvalue weighted by atomic mass is 35.5. The number of carbonyl (C=O) groups excluding carboxylic acids is 1. The van der Waals surface area contributed by atoms with E-state index in [0.29, 0.717) is 10.6 Å². The summed E-state index contributed by atoms with van der Waals surface area (Å²) in [7, 11) is 0. The number of rotatable bonds is 3. The van der Waals surface area contributed by atoms with Crippen LogP contribution in [-0.4, -0.2) is 41.5 Å². The van der Waals surface area contributed by atoms with Crippen LogP contribution in [0.2, 0.25) is 5.02 Å². The van der Waals surface area contributed by atoms with Crippen LogP contribution in [0.4, 0.5) is 5.82 Å². The lowest BCUT2D eigenvalue weighted by Crippen LogP contribution is -2.47. The summed E-state index contributed by atoms with van der Waals surface area (Å²) in [4.78, 5) is 18.3. The summed E-state index contributed by atoms with van der Waals surface area (Å²) in [6, 6.07) is 1.75. The number of likely N-dealkylation sites (N-methyl/N-ethyl adjacent to an activating group) is 1. The number of pyridine rings is 1. The third-order valence-corrected chi connectivity index (χ3v) is 3.72. The Morgan fingerprint density at radius 3 is 3.16 bits per heavy atom. The van der Waals surface area contributed by atoms with Gasteiger partial charge in [-0.1, -0.05) is 18.5 Å². The lowest BCUT2D eigenvalue weighted by atomic mass is 10.1. The predicted octanol–water partition coefficient (Wildman–Crippen LogP) is 1.53. The van der Waals surface area contributed by atoms with E-state index in [1.165, 1.54) is 6.20 Å². The smallest absolute Gasteiger partial charge is 0.253 e. The van der Waals surface area contributed by atoms with Gasteiger partial charge in [0.05, 0.1) is 10.6 Å². The van der Waals surface area contributed by atoms with Gasteiger partial charge in [-0.3, -0.25) is 4.79 Å². The molecule has 1 unspecified atom stereocenters. The number of anilines is 1. The summed E-state index contributed by atoms with van der Waals surface area (Å²) in [5.41, 5.74) is 5.98. The van der Waals surface area contributed by atoms with Crippen LogP contribution in [0.1, 0.15) is 30.1 Å². The largest absolute Gasteiger partial charge is 0.382 e. The molecular weight excluding hydrogens is 264 g/mol. The third-order valence-electron chi connectivity index (χ3n) is 3.42. The number of hydrogen-bond acceptors (Lipinski definition) is 4. The minimum atomic E-state index is -0.141. The molecule has 1 aromatic rings. The lowest BCUT2D eigenvalue weighted by molar-refractivity contribution is 0.0905. The number of amides is 1. The molecule has 0 aromatic carbocycles. The second kappa shape index (κ2) is 6.21. The Bertz CT molecular complexity index is 466. The fourth-order valence-corrected chi connectivity index (χ4v) is 2.47. The van der Waals surface area contributed by atoms with Crippen molar-refractivity contribution in [3.63, 3.8) is 0 Å². The van der Waals surface area contributed by atoms with Crippen molar-refractivity contribution in [2.24, 2.45) is 0 Å². The van der Waals surface area contributed by atoms with Gasteiger partial charge >= 0.3 is 0 Å². The predicted molar refractivity (Wildman–Crippen MR) is 76.3 cm³/mol. The van der Waals surface area contributed by atoms with Gasteiger partial charge in [-0.25, -0.2) is 4.98 Å². The normalized spacial score (nSPS) is 20.2. The molecule has 3 N–H and O–H groups in total. The zero-order valence-corrected chi connectivity index (χ0v) is 11.8. The van der Waals surface area contributed by atoms with E-state index in [0.717, 1.165) is 32.5 Å². The molecular formula is C13H19ClN4O. The molecule has 6 heteroatoms. The van der Waals surface area contributed by atoms with Crippen LogP contribution in [0.15, 0.2) is 12.3 Å². The zero-order valence-electron chi connectivity index (χ0n) is 11.0. The SMILES string of the molecule is CCN1CCCC(NC(=O)c2cnc(N)c(Cl)c2)C1. The van der Waals surface area contributed by atoms with Gasteiger partial charge < -0.3 is 16.0 Å². The van der Waals surface area contributed by atoms with E-state index in [4.69, 9.17) is 17.3 Å². The van der Waals surface area contributed by atoms with E-state index in [-0.39, 0.29) is 17.8 Å². The molecule has 1 amide bonds. The number of nitrogens with zero attached hydrogens (tertiary/aromatic N) is 2. The maximum absolute atomic E-state index is 12.1. The van der Waals surface area contributed by atoms with Gasteiger partial charge in [0.15, 0.2) is 0 Å². The van der Waals surface area contributed by atoms with Crippen molar-refractivity contribution in [2.45, 2.75) is 25.8 Å². The van der Waals surface area contributed by atoms with Gasteiger partial charge in [0.25, 0.3) is 5.91 Å². The Labute approximate surface area is 118 Å². The van der Waals surface area contributed by atoms with Crippen LogP contribution < -0.4 is 11.1 Å². The van der Waals surface area contributed by atoms with Gasteiger partial charge in [0.1, 0.15) is 5.82 Å². The third kappa shape index (κ3) is 3.58. The number of piperidine rings is 1. The van der Waals surface area contributed by atoms with Crippen molar-refractivity contribution in [3.05, 3.63) is 22.8 Å². The highest BCUT2D eigenvalue weighted by molar-refractivity contribution is 6.33. The van der Waals surface area contributed by atoms with E-state index < -0.39 is 0 Å². The Kier molecular flexibility index (Phi) is 4.61. The van der Waals surface area contributed by atoms with Crippen molar-refractivity contribution in [1.82, 2.24) is 15.2 Å². The lowest BCUT2D eigenvalue weighted by Gasteiger charge is -2.32. The number of nitrogen functional groups attached to an aromatic ring is 1. The van der Waals surface area contributed by atoms with E-state index in [1.54, 1.807) is 6.07 Å². The van der Waals surface area contributed by atoms with E-state index in [9.17, 15) is 4.79 Å². The Morgan fingerprint density at radius 2 is 2.47 bits per heavy atom. The van der Waals surface area contributed by atoms with Gasteiger partial charge in [0.2, 0.25) is 0 Å². The highest BCUT2D eigenvalue weighted by Crippen LogP contribution is 2.17. The van der Waals surface area contributed by atoms with Gasteiger partial charge in [-0.15, -0.1) is 0 Å². The molecule has 1 fully saturated rings. The van der Waals surface area contributed by atoms with Crippen LogP contribution in [0.25, 0.3) is 0 Å². The first-order valence-electron chi connectivity index (χ1n) is 6.54. The average Bonchev–Trinajstić information content (AvgIpc) is 2.42. The number of carbonyl (C=O) groups is 1. The summed E-state index contributed by atoms with van der Waals surface area (Å²) in [6.45, 7) is 5.16. The zero-order chi connectivity index (χ0) is 13.8. The van der Waals surface area contributed by atoms with Crippen molar-refractivity contribution in [1.29, 1.82) is 0 Å². The van der Waals surface area contributed by atoms with Gasteiger partial charge in [-0.05, 0) is 32.0 Å². The Balaban J connectivity index is 1.98. The average molecular weight is 283 g/mol. The maximum atomic E-state index is 12.1. The summed E-state index contributed by atoms with van der Waals surface area (Å²) in [5.74, 6) is 0.102. The molecule has 2 heterocycles. The molecule has 104 valence electrons. The first-order chi connectivity index (χ1) is 9.10. The molecule has 0 saturated carbocycles. The van der Waals surface area contributed by atoms with Crippen molar-refractivity contribution in [2.75, 3.05) is 25.4 Å². The van der Waals surface area contributed by atoms with Crippen LogP contribution in [0.3, 0.4) is 0 Å². The Hall–Kier alpha value is -1.33. The topological polar surface area (TPSA) is 71.2 Å². The first-order valence-corrected chi connectivity index (χ1v) is 6.92. The number of likely N-dealkylation sites (tertiary alicyclic amines) is 1. The summed E-state index contributed by atoms with van der Waals surface area (Å²) >= 11 is 5.87. The maximum Gasteiger partial charge on any atom is 0.253 e. The molecule has 0 aliphatic carbocycles. The van der Waals surface area contributed by atoms with Crippen LogP contribution in [0, 0.1) is 0 Å². The van der Waals surface area contributed by atoms with Crippen LogP contribution in [-0.2, 0) is 0 Å². The number of aromatic nitrogens is 1. The standard InChI is InChI=1S/C13H19ClN4O/c1-2-18-5-3-4-10(8-18)17-13(19)9-6-11(14)12(15)16-7-9/h6-7,10H,2-5,8H2,1H3,(H2,15,16)(H,17,19). The van der Waals surface area contributed by atoms with Crippen molar-refractivity contribution >= 4 is 23.3 Å². The molecule has 1 saturated heterocycles. The van der Waals surface area contributed by atoms with Crippen molar-refractivity contribution in [3.8, 4) is 0 Å². The second-order valence-corrected chi connectivity index (χ2v) is 5.20. The minimum Gasteiger partial charge on any atom is -0.382 e. The quantitative estimate of drug-likeness (QED) is 0.882. The molecule has 2 rings (SSSR count). The van der Waals surface area contributed by atoms with E-state index in [1.807, 2.05) is 0 Å². The molecule has 1 aliphatic heterocycles. The van der Waals surface area contributed by atoms with Gasteiger partial charge in [-0.2, -0.15) is 0 Å². The number of halogens is 1. The number of hydrogen-bond donors (Lipinski definition) is 2. The number of nitrogens with one attached hydrogen (secondary N) is 1. The minimum absolute atomic E-state index is 0.141. The molecule has 5 nitrogen and oxygen atoms in total. The summed E-state index contributed by atoms with van der Waals surface area (Å²) in [5, 5.41) is 3.34. The summed E-state index contributed by atoms with van der Waals surface area (Å²) < 4.78 is 0. The molecule has 1 aromatic heterocycles. The molecule has 19 heavy (non-hydrogen) atoms. The fraction of sp³-hybridized carbons (Fsp3) is 0.538. The number of nitrogens with two attached hydrogens (primary N) is 1. The Morgan fingerprint density at radius 1 is 1.68 bits per heavy atom. The molecule has 0 radical (unpaired) electrons. The second-order valence-electron chi connectivity index (χ2n) is 4.80. The first kappa shape index (κ1) is 14.1. The molecule has 1 atom stereocenters. The van der Waals surface area contributed by atoms with Crippen molar-refractivity contribution < 1.29 is 4.79 Å². The van der Waals surface area contributed by atoms with E-state index >= 15 is 0 Å². The summed E-state index contributed by atoms with van der Waals surface area (Å²) in [6.07, 6.45) is 3.58. The highest BCUT2D eigenvalue weighted by Gasteiger charge is 2.21. The van der Waals surface area contributed by atoms with Crippen LogP contribution >= 0.6 is 11.6 Å². The molecule has 0 bridgehead atoms. The van der Waals surface area contributed by atoms with E-state index in [2.05, 4.69) is 22.1 Å². The molecule has 0 spiro atoms.